The molecule has 0 radical (unpaired) electrons. The van der Waals surface area contributed by atoms with E-state index in [1.807, 2.05) is 0 Å². The van der Waals surface area contributed by atoms with Crippen LogP contribution in [0.3, 0.4) is 0 Å². The molecular formula is C20H24. The topological polar surface area (TPSA) is 0 Å². The van der Waals surface area contributed by atoms with Gasteiger partial charge >= 0.3 is 0 Å². The van der Waals surface area contributed by atoms with Crippen LogP contribution in [0.15, 0.2) is 53.6 Å². The van der Waals surface area contributed by atoms with Gasteiger partial charge in [-0.15, -0.1) is 0 Å². The summed E-state index contributed by atoms with van der Waals surface area (Å²) in [6, 6.07) is 8.93. The Hall–Kier alpha value is -1.56. The Morgan fingerprint density at radius 1 is 1.15 bits per heavy atom. The summed E-state index contributed by atoms with van der Waals surface area (Å²) in [6.45, 7) is 6.87. The van der Waals surface area contributed by atoms with Crippen molar-refractivity contribution in [2.45, 2.75) is 40.0 Å². The predicted octanol–water partition coefficient (Wildman–Crippen LogP) is 5.70. The fourth-order valence-corrected chi connectivity index (χ4v) is 3.71. The maximum Gasteiger partial charge on any atom is -0.0127 e. The van der Waals surface area contributed by atoms with Crippen LogP contribution in [0.1, 0.15) is 44.2 Å². The number of aryl methyl sites for hydroxylation is 1. The van der Waals surface area contributed by atoms with E-state index in [0.29, 0.717) is 0 Å². The number of rotatable bonds is 2. The molecule has 1 aromatic rings. The van der Waals surface area contributed by atoms with Crippen molar-refractivity contribution >= 4 is 5.57 Å². The molecule has 3 rings (SSSR count). The molecule has 0 fully saturated rings. The van der Waals surface area contributed by atoms with Crippen molar-refractivity contribution < 1.29 is 0 Å². The van der Waals surface area contributed by atoms with Crippen LogP contribution in [-0.4, -0.2) is 0 Å². The molecule has 20 heavy (non-hydrogen) atoms. The molecule has 0 heteroatoms. The van der Waals surface area contributed by atoms with Gasteiger partial charge in [0.15, 0.2) is 0 Å². The van der Waals surface area contributed by atoms with Gasteiger partial charge in [0.1, 0.15) is 0 Å². The molecular weight excluding hydrogens is 240 g/mol. The molecule has 0 N–H and O–H groups in total. The average Bonchev–Trinajstić information content (AvgIpc) is 2.85. The summed E-state index contributed by atoms with van der Waals surface area (Å²) in [5.74, 6) is 1.50. The molecule has 2 atom stereocenters. The lowest BCUT2D eigenvalue weighted by atomic mass is 9.74. The molecule has 0 nitrogen and oxygen atoms in total. The van der Waals surface area contributed by atoms with E-state index in [1.165, 1.54) is 36.0 Å². The highest BCUT2D eigenvalue weighted by molar-refractivity contribution is 5.67. The summed E-state index contributed by atoms with van der Waals surface area (Å²) in [6.07, 6.45) is 10.7. The van der Waals surface area contributed by atoms with Crippen LogP contribution >= 0.6 is 0 Å². The van der Waals surface area contributed by atoms with Gasteiger partial charge in [0.25, 0.3) is 0 Å². The molecule has 2 aliphatic rings. The second-order valence-electron chi connectivity index (χ2n) is 6.44. The van der Waals surface area contributed by atoms with E-state index < -0.39 is 0 Å². The van der Waals surface area contributed by atoms with Crippen LogP contribution in [0, 0.1) is 18.8 Å². The predicted molar refractivity (Wildman–Crippen MR) is 87.5 cm³/mol. The van der Waals surface area contributed by atoms with Gasteiger partial charge in [0, 0.05) is 0 Å². The lowest BCUT2D eigenvalue weighted by Gasteiger charge is -2.31. The van der Waals surface area contributed by atoms with Crippen molar-refractivity contribution in [2.24, 2.45) is 11.8 Å². The molecule has 104 valence electrons. The number of hydrogen-bond donors (Lipinski definition) is 0. The van der Waals surface area contributed by atoms with Crippen molar-refractivity contribution in [3.05, 3.63) is 64.8 Å². The van der Waals surface area contributed by atoms with Gasteiger partial charge < -0.3 is 0 Å². The first kappa shape index (κ1) is 13.4. The van der Waals surface area contributed by atoms with Crippen LogP contribution in [0.25, 0.3) is 5.57 Å². The third kappa shape index (κ3) is 2.52. The Labute approximate surface area is 122 Å². The lowest BCUT2D eigenvalue weighted by molar-refractivity contribution is 0.402. The quantitative estimate of drug-likeness (QED) is 0.642. The van der Waals surface area contributed by atoms with Crippen LogP contribution in [0.2, 0.25) is 0 Å². The van der Waals surface area contributed by atoms with Gasteiger partial charge in [-0.1, -0.05) is 66.1 Å². The zero-order chi connectivity index (χ0) is 14.1. The fraction of sp³-hybridized carbons (Fsp3) is 0.400. The minimum atomic E-state index is 0.749. The van der Waals surface area contributed by atoms with E-state index in [1.54, 1.807) is 11.1 Å². The van der Waals surface area contributed by atoms with Crippen LogP contribution in [0.5, 0.6) is 0 Å². The van der Waals surface area contributed by atoms with Crippen molar-refractivity contribution in [3.8, 4) is 0 Å². The van der Waals surface area contributed by atoms with Crippen LogP contribution in [-0.2, 0) is 0 Å². The molecule has 2 unspecified atom stereocenters. The van der Waals surface area contributed by atoms with E-state index in [2.05, 4.69) is 63.3 Å². The maximum absolute atomic E-state index is 2.48. The van der Waals surface area contributed by atoms with Crippen LogP contribution < -0.4 is 0 Å². The summed E-state index contributed by atoms with van der Waals surface area (Å²) in [7, 11) is 0. The average molecular weight is 264 g/mol. The first-order valence-corrected chi connectivity index (χ1v) is 7.77. The molecule has 0 aromatic heterocycles. The second-order valence-corrected chi connectivity index (χ2v) is 6.44. The molecule has 0 amide bonds. The first-order chi connectivity index (χ1) is 9.65. The fourth-order valence-electron chi connectivity index (χ4n) is 3.71. The summed E-state index contributed by atoms with van der Waals surface area (Å²) in [5, 5.41) is 0. The van der Waals surface area contributed by atoms with Crippen molar-refractivity contribution in [2.75, 3.05) is 0 Å². The van der Waals surface area contributed by atoms with Crippen molar-refractivity contribution in [1.82, 2.24) is 0 Å². The number of allylic oxidation sites excluding steroid dienone is 6. The Balaban J connectivity index is 1.83. The smallest absolute Gasteiger partial charge is 0.0127 e. The third-order valence-corrected chi connectivity index (χ3v) is 4.90. The zero-order valence-corrected chi connectivity index (χ0v) is 12.8. The van der Waals surface area contributed by atoms with Crippen molar-refractivity contribution in [3.63, 3.8) is 0 Å². The maximum atomic E-state index is 2.48. The molecule has 0 heterocycles. The van der Waals surface area contributed by atoms with E-state index in [4.69, 9.17) is 0 Å². The van der Waals surface area contributed by atoms with E-state index in [0.717, 1.165) is 11.8 Å². The molecule has 1 aromatic carbocycles. The Morgan fingerprint density at radius 2 is 2.00 bits per heavy atom. The highest BCUT2D eigenvalue weighted by atomic mass is 14.3. The highest BCUT2D eigenvalue weighted by Gasteiger charge is 2.27. The minimum absolute atomic E-state index is 0.749. The molecule has 0 aliphatic heterocycles. The summed E-state index contributed by atoms with van der Waals surface area (Å²) in [4.78, 5) is 0. The number of benzene rings is 1. The zero-order valence-electron chi connectivity index (χ0n) is 12.8. The SMILES string of the molecule is CC1=C(C2CC=C(c3cccc(C)c3)CC2C)CC=C1. The minimum Gasteiger partial charge on any atom is -0.0802 e. The third-order valence-electron chi connectivity index (χ3n) is 4.90. The van der Waals surface area contributed by atoms with E-state index >= 15 is 0 Å². The van der Waals surface area contributed by atoms with Gasteiger partial charge in [-0.3, -0.25) is 0 Å². The van der Waals surface area contributed by atoms with Gasteiger partial charge in [0.05, 0.1) is 0 Å². The molecule has 0 saturated carbocycles. The Morgan fingerprint density at radius 3 is 2.65 bits per heavy atom. The lowest BCUT2D eigenvalue weighted by Crippen LogP contribution is -2.18. The summed E-state index contributed by atoms with van der Waals surface area (Å²) in [5.41, 5.74) is 7.51. The van der Waals surface area contributed by atoms with Gasteiger partial charge in [-0.25, -0.2) is 0 Å². The highest BCUT2D eigenvalue weighted by Crippen LogP contribution is 2.41. The number of hydrogen-bond acceptors (Lipinski definition) is 0. The molecule has 0 bridgehead atoms. The largest absolute Gasteiger partial charge is 0.0802 e. The van der Waals surface area contributed by atoms with Crippen molar-refractivity contribution in [1.29, 1.82) is 0 Å². The molecule has 0 spiro atoms. The van der Waals surface area contributed by atoms with Gasteiger partial charge in [-0.05, 0) is 56.1 Å². The van der Waals surface area contributed by atoms with Gasteiger partial charge in [0.2, 0.25) is 0 Å². The van der Waals surface area contributed by atoms with Crippen LogP contribution in [0.4, 0.5) is 0 Å². The molecule has 0 saturated heterocycles. The summed E-state index contributed by atoms with van der Waals surface area (Å²) >= 11 is 0. The first-order valence-electron chi connectivity index (χ1n) is 7.77. The van der Waals surface area contributed by atoms with Gasteiger partial charge in [-0.2, -0.15) is 0 Å². The monoisotopic (exact) mass is 264 g/mol. The summed E-state index contributed by atoms with van der Waals surface area (Å²) < 4.78 is 0. The Kier molecular flexibility index (Phi) is 3.65. The second kappa shape index (κ2) is 5.44. The standard InChI is InChI=1S/C20H24/c1-14-6-4-8-17(12-14)18-10-11-20(16(3)13-18)19-9-5-7-15(19)2/h4-8,10,12,16,20H,9,11,13H2,1-3H3. The molecule has 2 aliphatic carbocycles. The van der Waals surface area contributed by atoms with E-state index in [9.17, 15) is 0 Å². The Bertz CT molecular complexity index is 598. The normalized spacial score (nSPS) is 26.1. The van der Waals surface area contributed by atoms with E-state index in [-0.39, 0.29) is 0 Å².